The average molecular weight is 248 g/mol. The van der Waals surface area contributed by atoms with Crippen LogP contribution in [0.4, 0.5) is 0 Å². The van der Waals surface area contributed by atoms with Crippen LogP contribution in [-0.2, 0) is 10.8 Å². The molecule has 0 bridgehead atoms. The molecule has 1 saturated heterocycles. The van der Waals surface area contributed by atoms with Gasteiger partial charge in [0, 0.05) is 33.6 Å². The lowest BCUT2D eigenvalue weighted by Gasteiger charge is -2.26. The predicted octanol–water partition coefficient (Wildman–Crippen LogP) is 1.61. The lowest BCUT2D eigenvalue weighted by Crippen LogP contribution is -2.38. The van der Waals surface area contributed by atoms with Gasteiger partial charge >= 0.3 is 0 Å². The highest BCUT2D eigenvalue weighted by Crippen LogP contribution is 2.21. The number of nitrogens with zero attached hydrogens (tertiary/aromatic N) is 1. The summed E-state index contributed by atoms with van der Waals surface area (Å²) in [7, 11) is -0.693. The fraction of sp³-hybridized carbons (Fsp3) is 0.900. The first kappa shape index (κ1) is 13.0. The second-order valence-electron chi connectivity index (χ2n) is 3.83. The highest BCUT2D eigenvalue weighted by atomic mass is 32.2. The fourth-order valence-corrected chi connectivity index (χ4v) is 3.30. The second-order valence-corrected chi connectivity index (χ2v) is 7.12. The van der Waals surface area contributed by atoms with Gasteiger partial charge in [-0.2, -0.15) is 0 Å². The quantitative estimate of drug-likeness (QED) is 0.822. The Labute approximate surface area is 99.0 Å². The van der Waals surface area contributed by atoms with Crippen LogP contribution in [0.2, 0.25) is 0 Å². The smallest absolute Gasteiger partial charge is 0.157 e. The largest absolute Gasteiger partial charge is 0.362 e. The van der Waals surface area contributed by atoms with Crippen LogP contribution >= 0.6 is 11.8 Å². The van der Waals surface area contributed by atoms with Crippen LogP contribution in [-0.4, -0.2) is 38.7 Å². The SMILES string of the molecule is CCS(=O)CCN=C1NC(C)CC(C)S1. The number of amidine groups is 1. The van der Waals surface area contributed by atoms with Crippen LogP contribution in [0.25, 0.3) is 0 Å². The topological polar surface area (TPSA) is 41.5 Å². The molecule has 3 atom stereocenters. The Morgan fingerprint density at radius 1 is 1.60 bits per heavy atom. The van der Waals surface area contributed by atoms with Crippen LogP contribution in [0.5, 0.6) is 0 Å². The third-order valence-electron chi connectivity index (χ3n) is 2.26. The lowest BCUT2D eigenvalue weighted by atomic mass is 10.2. The number of hydrogen-bond acceptors (Lipinski definition) is 3. The van der Waals surface area contributed by atoms with Crippen molar-refractivity contribution in [3.05, 3.63) is 0 Å². The maximum Gasteiger partial charge on any atom is 0.157 e. The number of rotatable bonds is 4. The molecule has 1 rings (SSSR count). The normalized spacial score (nSPS) is 31.3. The monoisotopic (exact) mass is 248 g/mol. The van der Waals surface area contributed by atoms with Gasteiger partial charge in [0.15, 0.2) is 5.17 Å². The van der Waals surface area contributed by atoms with E-state index >= 15 is 0 Å². The highest BCUT2D eigenvalue weighted by molar-refractivity contribution is 8.14. The van der Waals surface area contributed by atoms with Crippen LogP contribution in [0, 0.1) is 0 Å². The minimum absolute atomic E-state index is 0.511. The van der Waals surface area contributed by atoms with E-state index in [0.29, 0.717) is 23.6 Å². The molecule has 0 amide bonds. The highest BCUT2D eigenvalue weighted by Gasteiger charge is 2.19. The van der Waals surface area contributed by atoms with Crippen LogP contribution in [0.1, 0.15) is 27.2 Å². The summed E-state index contributed by atoms with van der Waals surface area (Å²) >= 11 is 1.79. The molecule has 15 heavy (non-hydrogen) atoms. The fourth-order valence-electron chi connectivity index (χ4n) is 1.52. The van der Waals surface area contributed by atoms with E-state index in [1.165, 1.54) is 6.42 Å². The van der Waals surface area contributed by atoms with Crippen LogP contribution < -0.4 is 5.32 Å². The van der Waals surface area contributed by atoms with Crippen molar-refractivity contribution in [2.24, 2.45) is 4.99 Å². The summed E-state index contributed by atoms with van der Waals surface area (Å²) < 4.78 is 11.2. The molecule has 0 radical (unpaired) electrons. The van der Waals surface area contributed by atoms with Gasteiger partial charge in [-0.3, -0.25) is 9.20 Å². The van der Waals surface area contributed by atoms with Gasteiger partial charge in [0.05, 0.1) is 6.54 Å². The van der Waals surface area contributed by atoms with E-state index < -0.39 is 10.8 Å². The minimum atomic E-state index is -0.693. The summed E-state index contributed by atoms with van der Waals surface area (Å²) in [5.74, 6) is 1.42. The van der Waals surface area contributed by atoms with Crippen LogP contribution in [0.15, 0.2) is 4.99 Å². The van der Waals surface area contributed by atoms with Crippen molar-refractivity contribution in [3.8, 4) is 0 Å². The van der Waals surface area contributed by atoms with E-state index in [9.17, 15) is 4.21 Å². The van der Waals surface area contributed by atoms with E-state index in [-0.39, 0.29) is 0 Å². The lowest BCUT2D eigenvalue weighted by molar-refractivity contribution is 0.598. The summed E-state index contributed by atoms with van der Waals surface area (Å²) in [5, 5.41) is 5.01. The maximum absolute atomic E-state index is 11.2. The molecule has 3 unspecified atom stereocenters. The summed E-state index contributed by atoms with van der Waals surface area (Å²) in [6.45, 7) is 7.02. The number of nitrogens with one attached hydrogen (secondary N) is 1. The molecule has 1 N–H and O–H groups in total. The first-order valence-electron chi connectivity index (χ1n) is 5.44. The summed E-state index contributed by atoms with van der Waals surface area (Å²) in [6, 6.07) is 0.511. The standard InChI is InChI=1S/C10H20N2OS2/c1-4-15(13)6-5-11-10-12-8(2)7-9(3)14-10/h8-9H,4-7H2,1-3H3,(H,11,12). The molecule has 0 aromatic rings. The molecule has 5 heteroatoms. The van der Waals surface area contributed by atoms with Crippen molar-refractivity contribution in [2.45, 2.75) is 38.5 Å². The molecular weight excluding hydrogens is 228 g/mol. The molecule has 0 aromatic heterocycles. The van der Waals surface area contributed by atoms with E-state index in [1.807, 2.05) is 6.92 Å². The Bertz CT molecular complexity index is 244. The molecular formula is C10H20N2OS2. The zero-order valence-corrected chi connectivity index (χ0v) is 11.3. The van der Waals surface area contributed by atoms with Gasteiger partial charge in [0.1, 0.15) is 0 Å². The molecule has 1 aliphatic heterocycles. The van der Waals surface area contributed by atoms with Gasteiger partial charge in [-0.05, 0) is 13.3 Å². The minimum Gasteiger partial charge on any atom is -0.362 e. The van der Waals surface area contributed by atoms with Gasteiger partial charge in [-0.25, -0.2) is 0 Å². The van der Waals surface area contributed by atoms with Gasteiger partial charge < -0.3 is 5.32 Å². The average Bonchev–Trinajstić information content (AvgIpc) is 2.16. The Morgan fingerprint density at radius 3 is 2.93 bits per heavy atom. The van der Waals surface area contributed by atoms with Crippen molar-refractivity contribution in [1.82, 2.24) is 5.32 Å². The number of hydrogen-bond donors (Lipinski definition) is 1. The molecule has 0 aliphatic carbocycles. The van der Waals surface area contributed by atoms with Crippen molar-refractivity contribution >= 4 is 27.7 Å². The van der Waals surface area contributed by atoms with Crippen molar-refractivity contribution in [2.75, 3.05) is 18.1 Å². The van der Waals surface area contributed by atoms with Gasteiger partial charge in [-0.1, -0.05) is 25.6 Å². The molecule has 1 fully saturated rings. The molecule has 1 heterocycles. The molecule has 3 nitrogen and oxygen atoms in total. The van der Waals surface area contributed by atoms with Gasteiger partial charge in [0.2, 0.25) is 0 Å². The van der Waals surface area contributed by atoms with E-state index in [2.05, 4.69) is 24.2 Å². The van der Waals surface area contributed by atoms with Crippen molar-refractivity contribution in [1.29, 1.82) is 0 Å². The Kier molecular flexibility index (Phi) is 5.68. The van der Waals surface area contributed by atoms with Crippen molar-refractivity contribution in [3.63, 3.8) is 0 Å². The predicted molar refractivity (Wildman–Crippen MR) is 70.1 cm³/mol. The molecule has 0 spiro atoms. The third-order valence-corrected chi connectivity index (χ3v) is 4.61. The Balaban J connectivity index is 2.35. The van der Waals surface area contributed by atoms with E-state index in [4.69, 9.17) is 0 Å². The second kappa shape index (κ2) is 6.53. The first-order chi connectivity index (χ1) is 7.11. The molecule has 0 saturated carbocycles. The summed E-state index contributed by atoms with van der Waals surface area (Å²) in [5.41, 5.74) is 0. The zero-order valence-electron chi connectivity index (χ0n) is 9.66. The number of thioether (sulfide) groups is 1. The third kappa shape index (κ3) is 5.02. The van der Waals surface area contributed by atoms with Gasteiger partial charge in [0.25, 0.3) is 0 Å². The van der Waals surface area contributed by atoms with Gasteiger partial charge in [-0.15, -0.1) is 0 Å². The van der Waals surface area contributed by atoms with Crippen LogP contribution in [0.3, 0.4) is 0 Å². The first-order valence-corrected chi connectivity index (χ1v) is 7.81. The Morgan fingerprint density at radius 2 is 2.33 bits per heavy atom. The summed E-state index contributed by atoms with van der Waals surface area (Å²) in [4.78, 5) is 4.45. The maximum atomic E-state index is 11.2. The molecule has 88 valence electrons. The molecule has 1 aliphatic rings. The van der Waals surface area contributed by atoms with E-state index in [0.717, 1.165) is 10.9 Å². The Hall–Kier alpha value is -0.0300. The summed E-state index contributed by atoms with van der Waals surface area (Å²) in [6.07, 6.45) is 1.19. The molecule has 0 aromatic carbocycles. The van der Waals surface area contributed by atoms with Crippen molar-refractivity contribution < 1.29 is 4.21 Å². The zero-order chi connectivity index (χ0) is 11.3. The van der Waals surface area contributed by atoms with E-state index in [1.54, 1.807) is 11.8 Å². The number of aliphatic imine (C=N–C) groups is 1.